The fourth-order valence-corrected chi connectivity index (χ4v) is 2.38. The van der Waals surface area contributed by atoms with Crippen molar-refractivity contribution < 1.29 is 0 Å². The molecule has 2 rings (SSSR count). The van der Waals surface area contributed by atoms with E-state index in [1.807, 2.05) is 6.07 Å². The Bertz CT molecular complexity index is 392. The maximum absolute atomic E-state index is 8.82. The van der Waals surface area contributed by atoms with E-state index in [0.717, 1.165) is 38.5 Å². The summed E-state index contributed by atoms with van der Waals surface area (Å²) in [5.41, 5.74) is 0. The Morgan fingerprint density at radius 3 is 2.50 bits per heavy atom. The van der Waals surface area contributed by atoms with Crippen molar-refractivity contribution in [2.75, 3.05) is 31.1 Å². The molecule has 0 saturated carbocycles. The van der Waals surface area contributed by atoms with Crippen molar-refractivity contribution in [1.29, 1.82) is 5.26 Å². The first-order valence-corrected chi connectivity index (χ1v) is 6.48. The molecule has 0 spiro atoms. The third-order valence-corrected chi connectivity index (χ3v) is 3.46. The van der Waals surface area contributed by atoms with Gasteiger partial charge in [-0.3, -0.25) is 4.90 Å². The lowest BCUT2D eigenvalue weighted by Gasteiger charge is -2.38. The van der Waals surface area contributed by atoms with Crippen LogP contribution < -0.4 is 4.90 Å². The van der Waals surface area contributed by atoms with Gasteiger partial charge in [0.25, 0.3) is 0 Å². The van der Waals surface area contributed by atoms with Crippen molar-refractivity contribution in [3.05, 3.63) is 18.5 Å². The number of hydrogen-bond donors (Lipinski definition) is 0. The molecule has 0 N–H and O–H groups in total. The van der Waals surface area contributed by atoms with E-state index in [0.29, 0.717) is 12.5 Å². The van der Waals surface area contributed by atoms with Gasteiger partial charge in [0.15, 0.2) is 0 Å². The van der Waals surface area contributed by atoms with Gasteiger partial charge in [0.1, 0.15) is 0 Å². The second kappa shape index (κ2) is 6.31. The summed E-state index contributed by atoms with van der Waals surface area (Å²) >= 11 is 0. The molecule has 1 saturated heterocycles. The van der Waals surface area contributed by atoms with Gasteiger partial charge in [-0.1, -0.05) is 6.92 Å². The van der Waals surface area contributed by atoms with E-state index in [2.05, 4.69) is 32.8 Å². The van der Waals surface area contributed by atoms with E-state index < -0.39 is 0 Å². The molecule has 0 aliphatic carbocycles. The van der Waals surface area contributed by atoms with Crippen LogP contribution >= 0.6 is 0 Å². The predicted molar refractivity (Wildman–Crippen MR) is 70.1 cm³/mol. The normalized spacial score (nSPS) is 18.3. The summed E-state index contributed by atoms with van der Waals surface area (Å²) in [6.45, 7) is 5.99. The number of nitrogens with zero attached hydrogens (tertiary/aromatic N) is 5. The van der Waals surface area contributed by atoms with Gasteiger partial charge in [0.05, 0.1) is 12.5 Å². The van der Waals surface area contributed by atoms with Gasteiger partial charge in [-0.15, -0.1) is 0 Å². The lowest BCUT2D eigenvalue weighted by atomic mass is 10.1. The summed E-state index contributed by atoms with van der Waals surface area (Å²) in [7, 11) is 0. The number of rotatable bonds is 4. The first-order valence-electron chi connectivity index (χ1n) is 6.48. The molecular weight excluding hydrogens is 226 g/mol. The smallest absolute Gasteiger partial charge is 0.225 e. The van der Waals surface area contributed by atoms with Crippen LogP contribution in [0.1, 0.15) is 19.8 Å². The molecule has 0 aromatic carbocycles. The van der Waals surface area contributed by atoms with E-state index >= 15 is 0 Å². The highest BCUT2D eigenvalue weighted by Gasteiger charge is 2.23. The molecule has 1 aliphatic rings. The highest BCUT2D eigenvalue weighted by molar-refractivity contribution is 5.29. The van der Waals surface area contributed by atoms with E-state index in [-0.39, 0.29) is 0 Å². The first kappa shape index (κ1) is 12.8. The lowest BCUT2D eigenvalue weighted by Crippen LogP contribution is -2.50. The largest absolute Gasteiger partial charge is 0.338 e. The summed E-state index contributed by atoms with van der Waals surface area (Å²) in [5.74, 6) is 0.811. The van der Waals surface area contributed by atoms with Crippen molar-refractivity contribution in [1.82, 2.24) is 14.9 Å². The van der Waals surface area contributed by atoms with Crippen LogP contribution in [0, 0.1) is 11.3 Å². The van der Waals surface area contributed by atoms with E-state index in [9.17, 15) is 0 Å². The average Bonchev–Trinajstić information content (AvgIpc) is 2.46. The molecular formula is C13H19N5. The molecule has 0 amide bonds. The molecule has 96 valence electrons. The van der Waals surface area contributed by atoms with Crippen LogP contribution in [0.4, 0.5) is 5.95 Å². The third kappa shape index (κ3) is 2.96. The van der Waals surface area contributed by atoms with Crippen LogP contribution in [0.15, 0.2) is 18.5 Å². The van der Waals surface area contributed by atoms with Crippen LogP contribution in [-0.2, 0) is 0 Å². The van der Waals surface area contributed by atoms with Crippen LogP contribution in [0.5, 0.6) is 0 Å². The standard InChI is InChI=1S/C13H19N5/c1-2-12(4-5-14)17-8-10-18(11-9-17)13-15-6-3-7-16-13/h3,6-7,12H,2,4,8-11H2,1H3. The van der Waals surface area contributed by atoms with Crippen LogP contribution in [0.25, 0.3) is 0 Å². The van der Waals surface area contributed by atoms with Gasteiger partial charge in [0.2, 0.25) is 5.95 Å². The van der Waals surface area contributed by atoms with Gasteiger partial charge in [0, 0.05) is 44.6 Å². The minimum absolute atomic E-state index is 0.397. The molecule has 1 fully saturated rings. The number of nitriles is 1. The van der Waals surface area contributed by atoms with Crippen molar-refractivity contribution in [2.24, 2.45) is 0 Å². The minimum atomic E-state index is 0.397. The summed E-state index contributed by atoms with van der Waals surface area (Å²) in [6, 6.07) is 4.51. The molecule has 1 aromatic heterocycles. The predicted octanol–water partition coefficient (Wildman–Crippen LogP) is 1.29. The SMILES string of the molecule is CCC(CC#N)N1CCN(c2ncccn2)CC1. The molecule has 1 aromatic rings. The quantitative estimate of drug-likeness (QED) is 0.800. The molecule has 5 nitrogen and oxygen atoms in total. The maximum atomic E-state index is 8.82. The van der Waals surface area contributed by atoms with Crippen LogP contribution in [0.2, 0.25) is 0 Å². The number of hydrogen-bond acceptors (Lipinski definition) is 5. The highest BCUT2D eigenvalue weighted by Crippen LogP contribution is 2.14. The Kier molecular flexibility index (Phi) is 4.48. The fraction of sp³-hybridized carbons (Fsp3) is 0.615. The summed E-state index contributed by atoms with van der Waals surface area (Å²) in [6.07, 6.45) is 5.21. The monoisotopic (exact) mass is 245 g/mol. The number of aromatic nitrogens is 2. The summed E-state index contributed by atoms with van der Waals surface area (Å²) < 4.78 is 0. The Hall–Kier alpha value is -1.67. The topological polar surface area (TPSA) is 56.1 Å². The van der Waals surface area contributed by atoms with Gasteiger partial charge in [-0.2, -0.15) is 5.26 Å². The zero-order valence-corrected chi connectivity index (χ0v) is 10.8. The van der Waals surface area contributed by atoms with E-state index in [1.54, 1.807) is 12.4 Å². The Morgan fingerprint density at radius 1 is 1.28 bits per heavy atom. The van der Waals surface area contributed by atoms with Gasteiger partial charge in [-0.05, 0) is 12.5 Å². The number of anilines is 1. The molecule has 0 radical (unpaired) electrons. The molecule has 1 atom stereocenters. The highest BCUT2D eigenvalue weighted by atomic mass is 15.3. The third-order valence-electron chi connectivity index (χ3n) is 3.46. The lowest BCUT2D eigenvalue weighted by molar-refractivity contribution is 0.181. The average molecular weight is 245 g/mol. The Morgan fingerprint density at radius 2 is 1.94 bits per heavy atom. The molecule has 2 heterocycles. The van der Waals surface area contributed by atoms with Crippen molar-refractivity contribution >= 4 is 5.95 Å². The van der Waals surface area contributed by atoms with E-state index in [4.69, 9.17) is 5.26 Å². The van der Waals surface area contributed by atoms with Crippen molar-refractivity contribution in [3.8, 4) is 6.07 Å². The molecule has 18 heavy (non-hydrogen) atoms. The second-order valence-electron chi connectivity index (χ2n) is 4.50. The van der Waals surface area contributed by atoms with Gasteiger partial charge in [-0.25, -0.2) is 9.97 Å². The molecule has 1 aliphatic heterocycles. The molecule has 1 unspecified atom stereocenters. The fourth-order valence-electron chi connectivity index (χ4n) is 2.38. The Balaban J connectivity index is 1.90. The second-order valence-corrected chi connectivity index (χ2v) is 4.50. The van der Waals surface area contributed by atoms with Gasteiger partial charge < -0.3 is 4.90 Å². The summed E-state index contributed by atoms with van der Waals surface area (Å²) in [4.78, 5) is 13.2. The maximum Gasteiger partial charge on any atom is 0.225 e. The molecule has 5 heteroatoms. The number of piperazine rings is 1. The summed E-state index contributed by atoms with van der Waals surface area (Å²) in [5, 5.41) is 8.82. The first-order chi connectivity index (χ1) is 8.85. The van der Waals surface area contributed by atoms with Gasteiger partial charge >= 0.3 is 0 Å². The zero-order chi connectivity index (χ0) is 12.8. The van der Waals surface area contributed by atoms with Crippen molar-refractivity contribution in [2.45, 2.75) is 25.8 Å². The molecule has 0 bridgehead atoms. The van der Waals surface area contributed by atoms with Crippen LogP contribution in [0.3, 0.4) is 0 Å². The zero-order valence-electron chi connectivity index (χ0n) is 10.8. The van der Waals surface area contributed by atoms with Crippen molar-refractivity contribution in [3.63, 3.8) is 0 Å². The van der Waals surface area contributed by atoms with E-state index in [1.165, 1.54) is 0 Å². The van der Waals surface area contributed by atoms with Crippen LogP contribution in [-0.4, -0.2) is 47.1 Å². The minimum Gasteiger partial charge on any atom is -0.338 e. The Labute approximate surface area is 108 Å².